The Morgan fingerprint density at radius 3 is 1.84 bits per heavy atom. The average Bonchev–Trinajstić information content (AvgIpc) is 2.40. The van der Waals surface area contributed by atoms with Gasteiger partial charge in [0.2, 0.25) is 5.91 Å². The molecular formula is C22H32BrNO. The summed E-state index contributed by atoms with van der Waals surface area (Å²) in [7, 11) is 0. The molecule has 0 aromatic heterocycles. The van der Waals surface area contributed by atoms with E-state index in [0.717, 1.165) is 36.0 Å². The van der Waals surface area contributed by atoms with E-state index >= 15 is 0 Å². The standard InChI is InChI=1S/C22H32BrNO/c23-21-7-17-4-18(8-21)6-20(5-17,13-21)12-19(25)24-22-9-14-1-15(10-22)3-16(2-14)11-22/h14-18H,1-13H2,(H,24,25). The van der Waals surface area contributed by atoms with Gasteiger partial charge in [0.15, 0.2) is 0 Å². The second kappa shape index (κ2) is 5.06. The van der Waals surface area contributed by atoms with Crippen LogP contribution >= 0.6 is 15.9 Å². The molecule has 8 aliphatic carbocycles. The molecule has 0 aliphatic heterocycles. The molecule has 8 fully saturated rings. The molecule has 2 unspecified atom stereocenters. The molecule has 0 heterocycles. The first-order valence-corrected chi connectivity index (χ1v) is 11.7. The van der Waals surface area contributed by atoms with Gasteiger partial charge in [-0.1, -0.05) is 15.9 Å². The molecular weight excluding hydrogens is 374 g/mol. The highest BCUT2D eigenvalue weighted by molar-refractivity contribution is 9.10. The first kappa shape index (κ1) is 16.0. The van der Waals surface area contributed by atoms with Crippen LogP contribution in [0.5, 0.6) is 0 Å². The highest BCUT2D eigenvalue weighted by atomic mass is 79.9. The van der Waals surface area contributed by atoms with Gasteiger partial charge in [0, 0.05) is 16.3 Å². The van der Waals surface area contributed by atoms with E-state index in [2.05, 4.69) is 21.2 Å². The van der Waals surface area contributed by atoms with Crippen LogP contribution in [0.2, 0.25) is 0 Å². The van der Waals surface area contributed by atoms with Crippen molar-refractivity contribution in [1.82, 2.24) is 5.32 Å². The molecule has 1 amide bonds. The van der Waals surface area contributed by atoms with Gasteiger partial charge in [-0.2, -0.15) is 0 Å². The molecule has 8 rings (SSSR count). The Hall–Kier alpha value is -0.0500. The lowest BCUT2D eigenvalue weighted by Crippen LogP contribution is -2.61. The molecule has 2 nitrogen and oxygen atoms in total. The lowest BCUT2D eigenvalue weighted by atomic mass is 9.48. The Morgan fingerprint density at radius 2 is 1.32 bits per heavy atom. The first-order chi connectivity index (χ1) is 11.9. The second-order valence-corrected chi connectivity index (χ2v) is 13.2. The Kier molecular flexibility index (Phi) is 3.23. The molecule has 2 atom stereocenters. The highest BCUT2D eigenvalue weighted by Crippen LogP contribution is 2.65. The van der Waals surface area contributed by atoms with Crippen molar-refractivity contribution < 1.29 is 4.79 Å². The molecule has 8 aliphatic rings. The third-order valence-electron chi connectivity index (χ3n) is 9.09. The third kappa shape index (κ3) is 2.57. The molecule has 0 saturated heterocycles. The van der Waals surface area contributed by atoms with Gasteiger partial charge < -0.3 is 5.32 Å². The minimum absolute atomic E-state index is 0.195. The van der Waals surface area contributed by atoms with E-state index in [-0.39, 0.29) is 5.54 Å². The van der Waals surface area contributed by atoms with Gasteiger partial charge in [-0.25, -0.2) is 0 Å². The molecule has 0 spiro atoms. The smallest absolute Gasteiger partial charge is 0.220 e. The van der Waals surface area contributed by atoms with Crippen molar-refractivity contribution in [1.29, 1.82) is 0 Å². The van der Waals surface area contributed by atoms with Crippen LogP contribution in [0, 0.1) is 35.0 Å². The Balaban J connectivity index is 1.18. The van der Waals surface area contributed by atoms with E-state index in [1.54, 1.807) is 0 Å². The average molecular weight is 406 g/mol. The van der Waals surface area contributed by atoms with E-state index in [0.29, 0.717) is 15.6 Å². The van der Waals surface area contributed by atoms with E-state index in [1.807, 2.05) is 0 Å². The number of alkyl halides is 1. The fraction of sp³-hybridized carbons (Fsp3) is 0.955. The molecule has 0 aromatic rings. The zero-order chi connectivity index (χ0) is 16.9. The van der Waals surface area contributed by atoms with Crippen molar-refractivity contribution in [2.45, 2.75) is 93.3 Å². The fourth-order valence-corrected chi connectivity index (χ4v) is 11.0. The monoisotopic (exact) mass is 405 g/mol. The molecule has 8 bridgehead atoms. The second-order valence-electron chi connectivity index (χ2n) is 11.5. The van der Waals surface area contributed by atoms with Crippen molar-refractivity contribution in [2.75, 3.05) is 0 Å². The lowest BCUT2D eigenvalue weighted by molar-refractivity contribution is -0.133. The van der Waals surface area contributed by atoms with Crippen LogP contribution in [-0.2, 0) is 4.79 Å². The fourth-order valence-electron chi connectivity index (χ4n) is 9.49. The molecule has 0 aromatic carbocycles. The van der Waals surface area contributed by atoms with Gasteiger partial charge in [0.05, 0.1) is 0 Å². The first-order valence-electron chi connectivity index (χ1n) is 10.9. The summed E-state index contributed by atoms with van der Waals surface area (Å²) in [5, 5.41) is 3.66. The summed E-state index contributed by atoms with van der Waals surface area (Å²) < 4.78 is 0.373. The Bertz CT molecular complexity index is 564. The maximum absolute atomic E-state index is 13.2. The summed E-state index contributed by atoms with van der Waals surface area (Å²) in [6.07, 6.45) is 17.1. The van der Waals surface area contributed by atoms with E-state index in [4.69, 9.17) is 0 Å². The van der Waals surface area contributed by atoms with Crippen LogP contribution in [0.4, 0.5) is 0 Å². The third-order valence-corrected chi connectivity index (χ3v) is 10.0. The number of carbonyl (C=O) groups excluding carboxylic acids is 1. The summed E-state index contributed by atoms with van der Waals surface area (Å²) in [4.78, 5) is 13.2. The molecule has 138 valence electrons. The normalized spacial score (nSPS) is 57.9. The van der Waals surface area contributed by atoms with Crippen molar-refractivity contribution in [3.63, 3.8) is 0 Å². The van der Waals surface area contributed by atoms with Gasteiger partial charge in [-0.3, -0.25) is 4.79 Å². The van der Waals surface area contributed by atoms with Gasteiger partial charge in [-0.15, -0.1) is 0 Å². The van der Waals surface area contributed by atoms with E-state index in [9.17, 15) is 4.79 Å². The van der Waals surface area contributed by atoms with Crippen molar-refractivity contribution in [3.8, 4) is 0 Å². The lowest BCUT2D eigenvalue weighted by Gasteiger charge is -2.61. The van der Waals surface area contributed by atoms with Crippen LogP contribution in [0.3, 0.4) is 0 Å². The molecule has 1 N–H and O–H groups in total. The quantitative estimate of drug-likeness (QED) is 0.642. The zero-order valence-corrected chi connectivity index (χ0v) is 17.0. The summed E-state index contributed by atoms with van der Waals surface area (Å²) in [5.74, 6) is 4.91. The summed E-state index contributed by atoms with van der Waals surface area (Å²) >= 11 is 4.10. The van der Waals surface area contributed by atoms with Crippen molar-refractivity contribution in [3.05, 3.63) is 0 Å². The van der Waals surface area contributed by atoms with E-state index in [1.165, 1.54) is 77.0 Å². The predicted octanol–water partition coefficient (Wildman–Crippen LogP) is 5.20. The van der Waals surface area contributed by atoms with Crippen LogP contribution in [0.25, 0.3) is 0 Å². The Labute approximate surface area is 160 Å². The molecule has 8 saturated carbocycles. The number of nitrogens with one attached hydrogen (secondary N) is 1. The van der Waals surface area contributed by atoms with Crippen LogP contribution in [-0.4, -0.2) is 15.8 Å². The number of halogens is 1. The van der Waals surface area contributed by atoms with Gasteiger partial charge in [0.1, 0.15) is 0 Å². The van der Waals surface area contributed by atoms with Crippen LogP contribution < -0.4 is 5.32 Å². The summed E-state index contributed by atoms with van der Waals surface area (Å²) in [5.41, 5.74) is 0.514. The minimum atomic E-state index is 0.195. The summed E-state index contributed by atoms with van der Waals surface area (Å²) in [6.45, 7) is 0. The van der Waals surface area contributed by atoms with Gasteiger partial charge in [0.25, 0.3) is 0 Å². The largest absolute Gasteiger partial charge is 0.351 e. The topological polar surface area (TPSA) is 29.1 Å². The SMILES string of the molecule is O=C(CC12CC3CC(CC(Br)(C3)C1)C2)NC12CC3CC(CC(C3)C1)C2. The number of carbonyl (C=O) groups is 1. The van der Waals surface area contributed by atoms with Gasteiger partial charge >= 0.3 is 0 Å². The van der Waals surface area contributed by atoms with Crippen LogP contribution in [0.1, 0.15) is 83.5 Å². The minimum Gasteiger partial charge on any atom is -0.351 e. The molecule has 0 radical (unpaired) electrons. The number of hydrogen-bond acceptors (Lipinski definition) is 1. The van der Waals surface area contributed by atoms with Crippen LogP contribution in [0.15, 0.2) is 0 Å². The molecule has 25 heavy (non-hydrogen) atoms. The number of rotatable bonds is 3. The molecule has 3 heteroatoms. The summed E-state index contributed by atoms with van der Waals surface area (Å²) in [6, 6.07) is 0. The number of hydrogen-bond donors (Lipinski definition) is 1. The van der Waals surface area contributed by atoms with E-state index < -0.39 is 0 Å². The predicted molar refractivity (Wildman–Crippen MR) is 102 cm³/mol. The zero-order valence-electron chi connectivity index (χ0n) is 15.4. The number of amides is 1. The van der Waals surface area contributed by atoms with Gasteiger partial charge in [-0.05, 0) is 112 Å². The van der Waals surface area contributed by atoms with Crippen molar-refractivity contribution >= 4 is 21.8 Å². The maximum Gasteiger partial charge on any atom is 0.220 e. The van der Waals surface area contributed by atoms with Crippen molar-refractivity contribution in [2.24, 2.45) is 35.0 Å². The maximum atomic E-state index is 13.2. The Morgan fingerprint density at radius 1 is 0.800 bits per heavy atom. The highest BCUT2D eigenvalue weighted by Gasteiger charge is 2.58.